The number of aliphatic hydroxyl groups is 1. The van der Waals surface area contributed by atoms with Gasteiger partial charge in [0, 0.05) is 10.6 Å². The van der Waals surface area contributed by atoms with Crippen molar-refractivity contribution in [3.05, 3.63) is 34.6 Å². The van der Waals surface area contributed by atoms with Gasteiger partial charge in [-0.2, -0.15) is 4.98 Å². The summed E-state index contributed by atoms with van der Waals surface area (Å²) in [5.74, 6) is 0.736. The molecule has 1 aromatic carbocycles. The van der Waals surface area contributed by atoms with Gasteiger partial charge in [0.15, 0.2) is 0 Å². The van der Waals surface area contributed by atoms with E-state index in [1.165, 1.54) is 0 Å². The molecule has 0 aliphatic rings. The molecule has 1 heterocycles. The second-order valence-electron chi connectivity index (χ2n) is 4.23. The Labute approximate surface area is 111 Å². The predicted molar refractivity (Wildman–Crippen MR) is 69.3 cm³/mol. The number of aryl methyl sites for hydroxylation is 1. The van der Waals surface area contributed by atoms with E-state index in [1.807, 2.05) is 26.0 Å². The van der Waals surface area contributed by atoms with E-state index in [4.69, 9.17) is 16.1 Å². The maximum Gasteiger partial charge on any atom is 0.258 e. The zero-order valence-corrected chi connectivity index (χ0v) is 11.1. The molecule has 2 rings (SSSR count). The Morgan fingerprint density at radius 3 is 2.89 bits per heavy atom. The molecule has 4 nitrogen and oxygen atoms in total. The van der Waals surface area contributed by atoms with Gasteiger partial charge in [-0.25, -0.2) is 0 Å². The smallest absolute Gasteiger partial charge is 0.258 e. The van der Waals surface area contributed by atoms with Crippen molar-refractivity contribution in [2.24, 2.45) is 0 Å². The Morgan fingerprint density at radius 1 is 1.44 bits per heavy atom. The third-order valence-corrected chi connectivity index (χ3v) is 3.13. The summed E-state index contributed by atoms with van der Waals surface area (Å²) >= 11 is 5.96. The minimum Gasteiger partial charge on any atom is -0.385 e. The first-order valence-electron chi connectivity index (χ1n) is 5.90. The summed E-state index contributed by atoms with van der Waals surface area (Å²) in [6.07, 6.45) is 0.824. The van der Waals surface area contributed by atoms with E-state index >= 15 is 0 Å². The lowest BCUT2D eigenvalue weighted by molar-refractivity contribution is 0.153. The van der Waals surface area contributed by atoms with Gasteiger partial charge in [0.2, 0.25) is 5.82 Å². The van der Waals surface area contributed by atoms with Crippen molar-refractivity contribution in [3.8, 4) is 11.5 Å². The van der Waals surface area contributed by atoms with E-state index in [0.717, 1.165) is 17.5 Å². The molecule has 96 valence electrons. The highest BCUT2D eigenvalue weighted by atomic mass is 35.5. The van der Waals surface area contributed by atoms with Crippen LogP contribution in [0.25, 0.3) is 11.5 Å². The topological polar surface area (TPSA) is 59.2 Å². The molecule has 0 amide bonds. The van der Waals surface area contributed by atoms with E-state index in [-0.39, 0.29) is 0 Å². The summed E-state index contributed by atoms with van der Waals surface area (Å²) in [7, 11) is 0. The molecule has 1 N–H and O–H groups in total. The Hall–Kier alpha value is -1.39. The van der Waals surface area contributed by atoms with Crippen LogP contribution in [0.2, 0.25) is 5.02 Å². The summed E-state index contributed by atoms with van der Waals surface area (Å²) < 4.78 is 5.15. The number of rotatable bonds is 4. The number of benzene rings is 1. The van der Waals surface area contributed by atoms with Crippen LogP contribution in [0.1, 0.15) is 37.3 Å². The van der Waals surface area contributed by atoms with Gasteiger partial charge in [-0.3, -0.25) is 0 Å². The van der Waals surface area contributed by atoms with Crippen LogP contribution in [0.3, 0.4) is 0 Å². The Kier molecular flexibility index (Phi) is 3.99. The molecule has 1 aromatic heterocycles. The quantitative estimate of drug-likeness (QED) is 0.920. The summed E-state index contributed by atoms with van der Waals surface area (Å²) in [5, 5.41) is 14.3. The molecular weight excluding hydrogens is 252 g/mol. The Balaban J connectivity index is 2.26. The third-order valence-electron chi connectivity index (χ3n) is 2.71. The van der Waals surface area contributed by atoms with Crippen molar-refractivity contribution < 1.29 is 9.63 Å². The third kappa shape index (κ3) is 2.71. The first-order valence-corrected chi connectivity index (χ1v) is 6.27. The molecule has 0 fully saturated rings. The highest BCUT2D eigenvalue weighted by molar-refractivity contribution is 6.31. The van der Waals surface area contributed by atoms with Crippen LogP contribution in [0.5, 0.6) is 0 Å². The fourth-order valence-corrected chi connectivity index (χ4v) is 1.79. The summed E-state index contributed by atoms with van der Waals surface area (Å²) in [5.41, 5.74) is 1.75. The second kappa shape index (κ2) is 5.50. The van der Waals surface area contributed by atoms with Crippen LogP contribution in [-0.2, 0) is 0 Å². The van der Waals surface area contributed by atoms with E-state index in [0.29, 0.717) is 23.2 Å². The molecule has 1 atom stereocenters. The molecule has 0 radical (unpaired) electrons. The number of halogens is 1. The molecule has 0 saturated carbocycles. The fourth-order valence-electron chi connectivity index (χ4n) is 1.67. The molecule has 18 heavy (non-hydrogen) atoms. The van der Waals surface area contributed by atoms with Crippen molar-refractivity contribution in [2.75, 3.05) is 0 Å². The van der Waals surface area contributed by atoms with Gasteiger partial charge in [-0.05, 0) is 37.1 Å². The van der Waals surface area contributed by atoms with Crippen molar-refractivity contribution in [1.82, 2.24) is 10.1 Å². The number of nitrogens with zero attached hydrogens (tertiary/aromatic N) is 2. The standard InChI is InChI=1S/C13H15ClN2O2/c1-3-4-11(17)12-15-13(18-16-12)9-5-6-10(14)8(2)7-9/h5-7,11,17H,3-4H2,1-2H3. The molecule has 2 aromatic rings. The van der Waals surface area contributed by atoms with E-state index in [1.54, 1.807) is 6.07 Å². The average Bonchev–Trinajstić information content (AvgIpc) is 2.82. The largest absolute Gasteiger partial charge is 0.385 e. The normalized spacial score (nSPS) is 12.7. The summed E-state index contributed by atoms with van der Waals surface area (Å²) in [6.45, 7) is 3.90. The average molecular weight is 267 g/mol. The second-order valence-corrected chi connectivity index (χ2v) is 4.63. The lowest BCUT2D eigenvalue weighted by atomic mass is 10.1. The van der Waals surface area contributed by atoms with Crippen molar-refractivity contribution in [2.45, 2.75) is 32.8 Å². The molecule has 0 spiro atoms. The van der Waals surface area contributed by atoms with Gasteiger partial charge >= 0.3 is 0 Å². The molecule has 0 saturated heterocycles. The molecule has 0 aliphatic heterocycles. The summed E-state index contributed by atoms with van der Waals surface area (Å²) in [6, 6.07) is 5.49. The van der Waals surface area contributed by atoms with E-state index in [9.17, 15) is 5.11 Å². The van der Waals surface area contributed by atoms with Crippen LogP contribution < -0.4 is 0 Å². The lowest BCUT2D eigenvalue weighted by Gasteiger charge is -2.01. The zero-order chi connectivity index (χ0) is 13.1. The van der Waals surface area contributed by atoms with Gasteiger partial charge in [-0.1, -0.05) is 30.1 Å². The monoisotopic (exact) mass is 266 g/mol. The van der Waals surface area contributed by atoms with Crippen molar-refractivity contribution >= 4 is 11.6 Å². The van der Waals surface area contributed by atoms with Gasteiger partial charge < -0.3 is 9.63 Å². The molecular formula is C13H15ClN2O2. The predicted octanol–water partition coefficient (Wildman–Crippen LogP) is 3.53. The van der Waals surface area contributed by atoms with Crippen LogP contribution >= 0.6 is 11.6 Å². The fraction of sp³-hybridized carbons (Fsp3) is 0.385. The first-order chi connectivity index (χ1) is 8.61. The molecule has 1 unspecified atom stereocenters. The molecule has 0 aliphatic carbocycles. The number of hydrogen-bond acceptors (Lipinski definition) is 4. The maximum absolute atomic E-state index is 9.77. The van der Waals surface area contributed by atoms with Crippen LogP contribution in [0.4, 0.5) is 0 Å². The van der Waals surface area contributed by atoms with Gasteiger partial charge in [-0.15, -0.1) is 0 Å². The Bertz CT molecular complexity index is 540. The van der Waals surface area contributed by atoms with E-state index < -0.39 is 6.10 Å². The van der Waals surface area contributed by atoms with Gasteiger partial charge in [0.05, 0.1) is 0 Å². The van der Waals surface area contributed by atoms with Crippen LogP contribution in [0, 0.1) is 6.92 Å². The number of aliphatic hydroxyl groups excluding tert-OH is 1. The highest BCUT2D eigenvalue weighted by Gasteiger charge is 2.15. The first kappa shape index (κ1) is 13.1. The minimum atomic E-state index is -0.666. The van der Waals surface area contributed by atoms with E-state index in [2.05, 4.69) is 10.1 Å². The minimum absolute atomic E-state index is 0.333. The van der Waals surface area contributed by atoms with Crippen molar-refractivity contribution in [3.63, 3.8) is 0 Å². The number of hydrogen-bond donors (Lipinski definition) is 1. The van der Waals surface area contributed by atoms with Gasteiger partial charge in [0.1, 0.15) is 6.10 Å². The van der Waals surface area contributed by atoms with Crippen molar-refractivity contribution in [1.29, 1.82) is 0 Å². The van der Waals surface area contributed by atoms with Crippen LogP contribution in [0.15, 0.2) is 22.7 Å². The molecule has 0 bridgehead atoms. The number of aromatic nitrogens is 2. The maximum atomic E-state index is 9.77. The van der Waals surface area contributed by atoms with Gasteiger partial charge in [0.25, 0.3) is 5.89 Å². The summed E-state index contributed by atoms with van der Waals surface area (Å²) in [4.78, 5) is 4.20. The SMILES string of the molecule is CCCC(O)c1noc(-c2ccc(Cl)c(C)c2)n1. The molecule has 5 heteroatoms. The lowest BCUT2D eigenvalue weighted by Crippen LogP contribution is -1.98. The highest BCUT2D eigenvalue weighted by Crippen LogP contribution is 2.25. The van der Waals surface area contributed by atoms with Crippen LogP contribution in [-0.4, -0.2) is 15.2 Å². The Morgan fingerprint density at radius 2 is 2.22 bits per heavy atom. The zero-order valence-electron chi connectivity index (χ0n) is 10.4.